The van der Waals surface area contributed by atoms with Crippen LogP contribution in [0.25, 0.3) is 0 Å². The van der Waals surface area contributed by atoms with Gasteiger partial charge in [0.15, 0.2) is 6.61 Å². The number of methoxy groups -OCH3 is 1. The molecule has 1 aliphatic heterocycles. The van der Waals surface area contributed by atoms with Crippen molar-refractivity contribution in [3.63, 3.8) is 0 Å². The van der Waals surface area contributed by atoms with Gasteiger partial charge in [-0.2, -0.15) is 0 Å². The van der Waals surface area contributed by atoms with Gasteiger partial charge in [0, 0.05) is 32.2 Å². The molecular weight excluding hydrogens is 478 g/mol. The number of ether oxygens (including phenoxy) is 2. The maximum atomic E-state index is 12.7. The van der Waals surface area contributed by atoms with E-state index in [1.807, 2.05) is 54.6 Å². The van der Waals surface area contributed by atoms with Gasteiger partial charge in [-0.15, -0.1) is 0 Å². The predicted molar refractivity (Wildman–Crippen MR) is 139 cm³/mol. The first-order valence-electron chi connectivity index (χ1n) is 11.8. The van der Waals surface area contributed by atoms with Gasteiger partial charge in [0.2, 0.25) is 10.0 Å². The largest absolute Gasteiger partial charge is 0.495 e. The van der Waals surface area contributed by atoms with Crippen LogP contribution in [0.1, 0.15) is 18.5 Å². The highest BCUT2D eigenvalue weighted by molar-refractivity contribution is 7.89. The fourth-order valence-electron chi connectivity index (χ4n) is 4.15. The summed E-state index contributed by atoms with van der Waals surface area (Å²) in [6, 6.07) is 22.9. The Morgan fingerprint density at radius 1 is 0.917 bits per heavy atom. The van der Waals surface area contributed by atoms with Crippen molar-refractivity contribution in [3.05, 3.63) is 84.4 Å². The Labute approximate surface area is 212 Å². The Bertz CT molecular complexity index is 1260. The molecule has 190 valence electrons. The minimum absolute atomic E-state index is 0.107. The van der Waals surface area contributed by atoms with E-state index in [0.29, 0.717) is 31.9 Å². The molecule has 36 heavy (non-hydrogen) atoms. The molecule has 1 aliphatic rings. The first-order valence-corrected chi connectivity index (χ1v) is 13.3. The van der Waals surface area contributed by atoms with Crippen LogP contribution in [0.2, 0.25) is 0 Å². The van der Waals surface area contributed by atoms with Crippen molar-refractivity contribution in [1.29, 1.82) is 0 Å². The molecule has 4 rings (SSSR count). The van der Waals surface area contributed by atoms with Crippen LogP contribution in [0, 0.1) is 0 Å². The number of sulfonamides is 1. The number of anilines is 1. The number of para-hydroxylation sites is 2. The lowest BCUT2D eigenvalue weighted by atomic mass is 10.1. The highest BCUT2D eigenvalue weighted by Gasteiger charge is 2.23. The van der Waals surface area contributed by atoms with E-state index in [1.54, 1.807) is 31.1 Å². The number of carbonyl (C=O) groups is 1. The molecule has 1 saturated heterocycles. The van der Waals surface area contributed by atoms with E-state index in [2.05, 4.69) is 9.62 Å². The molecule has 0 saturated carbocycles. The van der Waals surface area contributed by atoms with Gasteiger partial charge in [-0.3, -0.25) is 4.79 Å². The highest BCUT2D eigenvalue weighted by atomic mass is 32.2. The Morgan fingerprint density at radius 3 is 2.22 bits per heavy atom. The van der Waals surface area contributed by atoms with E-state index in [0.717, 1.165) is 17.0 Å². The zero-order valence-corrected chi connectivity index (χ0v) is 21.3. The number of amides is 1. The monoisotopic (exact) mass is 509 g/mol. The summed E-state index contributed by atoms with van der Waals surface area (Å²) < 4.78 is 39.3. The SMILES string of the molecule is COc1ccccc1N1CCN(C(=O)COc2ccc(S(=O)(=O)N[C@@H](C)c3ccccc3)cc2)CC1. The lowest BCUT2D eigenvalue weighted by Crippen LogP contribution is -2.50. The normalized spacial score (nSPS) is 14.8. The summed E-state index contributed by atoms with van der Waals surface area (Å²) in [4.78, 5) is 16.8. The minimum atomic E-state index is -3.70. The molecule has 3 aromatic carbocycles. The first-order chi connectivity index (χ1) is 17.4. The fraction of sp³-hybridized carbons (Fsp3) is 0.296. The van der Waals surface area contributed by atoms with Crippen molar-refractivity contribution in [3.8, 4) is 11.5 Å². The van der Waals surface area contributed by atoms with Crippen molar-refractivity contribution in [2.75, 3.05) is 44.8 Å². The van der Waals surface area contributed by atoms with Gasteiger partial charge in [0.05, 0.1) is 17.7 Å². The van der Waals surface area contributed by atoms with Gasteiger partial charge in [0.25, 0.3) is 5.91 Å². The first kappa shape index (κ1) is 25.5. The number of hydrogen-bond acceptors (Lipinski definition) is 6. The van der Waals surface area contributed by atoms with Gasteiger partial charge >= 0.3 is 0 Å². The molecule has 1 atom stereocenters. The number of benzene rings is 3. The molecule has 9 heteroatoms. The standard InChI is InChI=1S/C27H31N3O5S/c1-21(22-8-4-3-5-9-22)28-36(32,33)24-14-12-23(13-15-24)35-20-27(31)30-18-16-29(17-19-30)25-10-6-7-11-26(25)34-2/h3-15,21,28H,16-20H2,1-2H3/t21-/m0/s1. The molecule has 0 aromatic heterocycles. The van der Waals surface area contributed by atoms with E-state index in [-0.39, 0.29) is 23.5 Å². The zero-order chi connectivity index (χ0) is 25.5. The van der Waals surface area contributed by atoms with Crippen LogP contribution in [0.5, 0.6) is 11.5 Å². The highest BCUT2D eigenvalue weighted by Crippen LogP contribution is 2.28. The summed E-state index contributed by atoms with van der Waals surface area (Å²) in [6.45, 7) is 4.27. The third kappa shape index (κ3) is 6.16. The predicted octanol–water partition coefficient (Wildman–Crippen LogP) is 3.46. The molecule has 1 amide bonds. The second kappa shape index (κ2) is 11.5. The molecule has 0 bridgehead atoms. The van der Waals surface area contributed by atoms with Crippen molar-refractivity contribution in [1.82, 2.24) is 9.62 Å². The summed E-state index contributed by atoms with van der Waals surface area (Å²) in [5, 5.41) is 0. The molecule has 8 nitrogen and oxygen atoms in total. The third-order valence-corrected chi connectivity index (χ3v) is 7.74. The van der Waals surface area contributed by atoms with Crippen molar-refractivity contribution >= 4 is 21.6 Å². The second-order valence-corrected chi connectivity index (χ2v) is 10.3. The molecular formula is C27H31N3O5S. The summed E-state index contributed by atoms with van der Waals surface area (Å²) in [5.41, 5.74) is 1.90. The Hall–Kier alpha value is -3.56. The number of nitrogens with zero attached hydrogens (tertiary/aromatic N) is 2. The smallest absolute Gasteiger partial charge is 0.260 e. The van der Waals surface area contributed by atoms with Gasteiger partial charge in [-0.05, 0) is 48.9 Å². The molecule has 1 fully saturated rings. The summed E-state index contributed by atoms with van der Waals surface area (Å²) in [6.07, 6.45) is 0. The van der Waals surface area contributed by atoms with Gasteiger partial charge in [-0.1, -0.05) is 42.5 Å². The lowest BCUT2D eigenvalue weighted by molar-refractivity contribution is -0.133. The van der Waals surface area contributed by atoms with Crippen molar-refractivity contribution in [2.45, 2.75) is 17.9 Å². The van der Waals surface area contributed by atoms with Crippen LogP contribution in [0.3, 0.4) is 0 Å². The molecule has 0 radical (unpaired) electrons. The number of rotatable bonds is 9. The number of hydrogen-bond donors (Lipinski definition) is 1. The van der Waals surface area contributed by atoms with Crippen LogP contribution in [-0.2, 0) is 14.8 Å². The van der Waals surface area contributed by atoms with Crippen LogP contribution in [0.15, 0.2) is 83.8 Å². The number of carbonyl (C=O) groups excluding carboxylic acids is 1. The Morgan fingerprint density at radius 2 is 1.56 bits per heavy atom. The summed E-state index contributed by atoms with van der Waals surface area (Å²) in [7, 11) is -2.05. The van der Waals surface area contributed by atoms with Gasteiger partial charge in [0.1, 0.15) is 11.5 Å². The van der Waals surface area contributed by atoms with Crippen LogP contribution < -0.4 is 19.1 Å². The van der Waals surface area contributed by atoms with Crippen molar-refractivity contribution < 1.29 is 22.7 Å². The molecule has 1 heterocycles. The van der Waals surface area contributed by atoms with E-state index in [9.17, 15) is 13.2 Å². The van der Waals surface area contributed by atoms with Crippen LogP contribution >= 0.6 is 0 Å². The number of piperazine rings is 1. The van der Waals surface area contributed by atoms with Gasteiger partial charge in [-0.25, -0.2) is 13.1 Å². The summed E-state index contributed by atoms with van der Waals surface area (Å²) >= 11 is 0. The van der Waals surface area contributed by atoms with E-state index < -0.39 is 10.0 Å². The Kier molecular flexibility index (Phi) is 8.12. The Balaban J connectivity index is 1.27. The van der Waals surface area contributed by atoms with E-state index in [1.165, 1.54) is 12.1 Å². The average Bonchev–Trinajstić information content (AvgIpc) is 2.92. The van der Waals surface area contributed by atoms with Gasteiger partial charge < -0.3 is 19.3 Å². The molecule has 1 N–H and O–H groups in total. The van der Waals surface area contributed by atoms with Crippen LogP contribution in [-0.4, -0.2) is 59.1 Å². The van der Waals surface area contributed by atoms with Crippen LogP contribution in [0.4, 0.5) is 5.69 Å². The molecule has 0 aliphatic carbocycles. The molecule has 3 aromatic rings. The van der Waals surface area contributed by atoms with E-state index >= 15 is 0 Å². The molecule has 0 unspecified atom stereocenters. The fourth-order valence-corrected chi connectivity index (χ4v) is 5.38. The average molecular weight is 510 g/mol. The van der Waals surface area contributed by atoms with Crippen molar-refractivity contribution in [2.24, 2.45) is 0 Å². The number of nitrogens with one attached hydrogen (secondary N) is 1. The second-order valence-electron chi connectivity index (χ2n) is 8.55. The maximum absolute atomic E-state index is 12.7. The lowest BCUT2D eigenvalue weighted by Gasteiger charge is -2.36. The maximum Gasteiger partial charge on any atom is 0.260 e. The molecule has 0 spiro atoms. The summed E-state index contributed by atoms with van der Waals surface area (Å²) in [5.74, 6) is 1.14. The van der Waals surface area contributed by atoms with E-state index in [4.69, 9.17) is 9.47 Å². The third-order valence-electron chi connectivity index (χ3n) is 6.19. The zero-order valence-electron chi connectivity index (χ0n) is 20.5. The minimum Gasteiger partial charge on any atom is -0.495 e. The quantitative estimate of drug-likeness (QED) is 0.475. The topological polar surface area (TPSA) is 88.2 Å².